The van der Waals surface area contributed by atoms with Gasteiger partial charge in [0.25, 0.3) is 5.91 Å². The number of halogens is 1. The normalized spacial score (nSPS) is 11.0. The van der Waals surface area contributed by atoms with Crippen molar-refractivity contribution in [2.45, 2.75) is 19.9 Å². The Hall–Kier alpha value is -2.55. The molecule has 0 aliphatic heterocycles. The predicted molar refractivity (Wildman–Crippen MR) is 130 cm³/mol. The van der Waals surface area contributed by atoms with Gasteiger partial charge < -0.3 is 20.9 Å². The number of hydrogen-bond acceptors (Lipinski definition) is 2. The predicted octanol–water partition coefficient (Wildman–Crippen LogP) is 3.44. The van der Waals surface area contributed by atoms with Crippen molar-refractivity contribution in [2.75, 3.05) is 20.1 Å². The first-order valence-corrected chi connectivity index (χ1v) is 9.59. The summed E-state index contributed by atoms with van der Waals surface area (Å²) in [6, 6.07) is 15.8. The second-order valence-electron chi connectivity index (χ2n) is 6.51. The molecule has 3 rings (SSSR count). The topological polar surface area (TPSA) is 81.3 Å². The number of benzene rings is 2. The molecule has 29 heavy (non-hydrogen) atoms. The Kier molecular flexibility index (Phi) is 8.98. The van der Waals surface area contributed by atoms with E-state index in [-0.39, 0.29) is 29.9 Å². The van der Waals surface area contributed by atoms with Crippen LogP contribution >= 0.6 is 24.0 Å². The number of hydrogen-bond donors (Lipinski definition) is 4. The van der Waals surface area contributed by atoms with E-state index in [1.165, 1.54) is 16.5 Å². The van der Waals surface area contributed by atoms with Crippen molar-refractivity contribution in [1.82, 2.24) is 20.9 Å². The zero-order valence-corrected chi connectivity index (χ0v) is 19.1. The van der Waals surface area contributed by atoms with Gasteiger partial charge in [0.15, 0.2) is 5.96 Å². The molecule has 0 fully saturated rings. The first-order valence-electron chi connectivity index (χ1n) is 9.59. The number of aromatic nitrogens is 1. The van der Waals surface area contributed by atoms with Crippen LogP contribution in [-0.2, 0) is 13.0 Å². The highest BCUT2D eigenvalue weighted by atomic mass is 127. The molecule has 4 N–H and O–H groups in total. The maximum atomic E-state index is 11.6. The Morgan fingerprint density at radius 2 is 1.83 bits per heavy atom. The van der Waals surface area contributed by atoms with Crippen LogP contribution in [-0.4, -0.2) is 37.0 Å². The molecule has 6 nitrogen and oxygen atoms in total. The lowest BCUT2D eigenvalue weighted by atomic mass is 10.1. The molecule has 0 aliphatic carbocycles. The van der Waals surface area contributed by atoms with Gasteiger partial charge in [-0.25, -0.2) is 4.99 Å². The molecule has 0 spiro atoms. The quantitative estimate of drug-likeness (QED) is 0.226. The maximum Gasteiger partial charge on any atom is 0.251 e. The number of para-hydroxylation sites is 1. The van der Waals surface area contributed by atoms with Crippen molar-refractivity contribution in [1.29, 1.82) is 0 Å². The highest BCUT2D eigenvalue weighted by Crippen LogP contribution is 2.17. The van der Waals surface area contributed by atoms with Gasteiger partial charge in [0.05, 0.1) is 6.54 Å². The smallest absolute Gasteiger partial charge is 0.251 e. The highest BCUT2D eigenvalue weighted by molar-refractivity contribution is 14.0. The van der Waals surface area contributed by atoms with Crippen LogP contribution in [0.25, 0.3) is 10.9 Å². The number of nitrogens with zero attached hydrogens (tertiary/aromatic N) is 1. The summed E-state index contributed by atoms with van der Waals surface area (Å²) in [4.78, 5) is 19.6. The fourth-order valence-corrected chi connectivity index (χ4v) is 3.07. The van der Waals surface area contributed by atoms with Crippen LogP contribution in [0.5, 0.6) is 0 Å². The molecule has 1 aromatic heterocycles. The molecule has 1 heterocycles. The number of nitrogens with one attached hydrogen (secondary N) is 4. The average Bonchev–Trinajstić information content (AvgIpc) is 3.15. The second-order valence-corrected chi connectivity index (χ2v) is 6.51. The molecule has 0 unspecified atom stereocenters. The van der Waals surface area contributed by atoms with Crippen LogP contribution < -0.4 is 16.0 Å². The van der Waals surface area contributed by atoms with E-state index in [0.29, 0.717) is 12.1 Å². The lowest BCUT2D eigenvalue weighted by Crippen LogP contribution is -2.38. The van der Waals surface area contributed by atoms with Crippen LogP contribution in [0.1, 0.15) is 28.4 Å². The minimum absolute atomic E-state index is 0. The number of aromatic amines is 1. The first kappa shape index (κ1) is 22.7. The lowest BCUT2D eigenvalue weighted by molar-refractivity contribution is 0.0963. The van der Waals surface area contributed by atoms with Gasteiger partial charge in [0.2, 0.25) is 0 Å². The van der Waals surface area contributed by atoms with E-state index in [9.17, 15) is 4.79 Å². The summed E-state index contributed by atoms with van der Waals surface area (Å²) in [5.74, 6) is 0.708. The van der Waals surface area contributed by atoms with Gasteiger partial charge in [-0.3, -0.25) is 4.79 Å². The third kappa shape index (κ3) is 6.22. The SMILES string of the molecule is CCNC(=NCc1ccc(C(=O)NC)cc1)NCCc1c[nH]c2ccccc12.I. The molecular weight excluding hydrogens is 477 g/mol. The zero-order chi connectivity index (χ0) is 19.8. The van der Waals surface area contributed by atoms with Crippen LogP contribution in [0.15, 0.2) is 59.7 Å². The molecule has 3 aromatic rings. The van der Waals surface area contributed by atoms with Crippen LogP contribution in [0, 0.1) is 0 Å². The Labute approximate surface area is 188 Å². The van der Waals surface area contributed by atoms with Gasteiger partial charge in [0, 0.05) is 42.8 Å². The molecule has 0 aliphatic rings. The summed E-state index contributed by atoms with van der Waals surface area (Å²) < 4.78 is 0. The van der Waals surface area contributed by atoms with Crippen LogP contribution in [0.4, 0.5) is 0 Å². The van der Waals surface area contributed by atoms with Crippen molar-refractivity contribution >= 4 is 46.7 Å². The largest absolute Gasteiger partial charge is 0.361 e. The summed E-state index contributed by atoms with van der Waals surface area (Å²) in [5.41, 5.74) is 4.17. The Balaban J connectivity index is 0.00000300. The van der Waals surface area contributed by atoms with E-state index in [1.807, 2.05) is 30.3 Å². The number of H-pyrrole nitrogens is 1. The van der Waals surface area contributed by atoms with Gasteiger partial charge in [-0.05, 0) is 42.7 Å². The zero-order valence-electron chi connectivity index (χ0n) is 16.8. The summed E-state index contributed by atoms with van der Waals surface area (Å²) in [5, 5.41) is 10.6. The van der Waals surface area contributed by atoms with E-state index in [1.54, 1.807) is 7.05 Å². The fourth-order valence-electron chi connectivity index (χ4n) is 3.07. The lowest BCUT2D eigenvalue weighted by Gasteiger charge is -2.11. The van der Waals surface area contributed by atoms with E-state index in [4.69, 9.17) is 0 Å². The van der Waals surface area contributed by atoms with Gasteiger partial charge >= 0.3 is 0 Å². The van der Waals surface area contributed by atoms with Gasteiger partial charge in [-0.15, -0.1) is 24.0 Å². The molecule has 0 bridgehead atoms. The van der Waals surface area contributed by atoms with Crippen LogP contribution in [0.2, 0.25) is 0 Å². The van der Waals surface area contributed by atoms with Crippen molar-refractivity contribution in [2.24, 2.45) is 4.99 Å². The Morgan fingerprint density at radius 1 is 1.07 bits per heavy atom. The molecule has 2 aromatic carbocycles. The minimum atomic E-state index is -0.0812. The summed E-state index contributed by atoms with van der Waals surface area (Å²) in [6.07, 6.45) is 2.99. The monoisotopic (exact) mass is 505 g/mol. The Morgan fingerprint density at radius 3 is 2.55 bits per heavy atom. The third-order valence-electron chi connectivity index (χ3n) is 4.57. The minimum Gasteiger partial charge on any atom is -0.361 e. The van der Waals surface area contributed by atoms with Gasteiger partial charge in [-0.2, -0.15) is 0 Å². The molecule has 0 saturated heterocycles. The standard InChI is InChI=1S/C22H27N5O.HI/c1-3-24-22(27-14-16-8-10-17(11-9-16)21(28)23-2)25-13-12-18-15-26-20-7-5-4-6-19(18)20;/h4-11,15,26H,3,12-14H2,1-2H3,(H,23,28)(H2,24,25,27);1H. The van der Waals surface area contributed by atoms with E-state index in [2.05, 4.69) is 57.2 Å². The van der Waals surface area contributed by atoms with E-state index >= 15 is 0 Å². The summed E-state index contributed by atoms with van der Waals surface area (Å²) in [7, 11) is 1.63. The molecule has 0 radical (unpaired) electrons. The van der Waals surface area contributed by atoms with E-state index in [0.717, 1.165) is 31.0 Å². The fraction of sp³-hybridized carbons (Fsp3) is 0.273. The number of carbonyl (C=O) groups is 1. The van der Waals surface area contributed by atoms with Crippen molar-refractivity contribution in [3.05, 3.63) is 71.4 Å². The van der Waals surface area contributed by atoms with E-state index < -0.39 is 0 Å². The molecule has 7 heteroatoms. The number of aliphatic imine (C=N–C) groups is 1. The number of guanidine groups is 1. The van der Waals surface area contributed by atoms with Crippen molar-refractivity contribution in [3.8, 4) is 0 Å². The summed E-state index contributed by atoms with van der Waals surface area (Å²) >= 11 is 0. The second kappa shape index (κ2) is 11.5. The van der Waals surface area contributed by atoms with Gasteiger partial charge in [-0.1, -0.05) is 30.3 Å². The average molecular weight is 505 g/mol. The molecule has 1 amide bonds. The number of rotatable bonds is 7. The number of carbonyl (C=O) groups excluding carboxylic acids is 1. The number of fused-ring (bicyclic) bond motifs is 1. The molecule has 154 valence electrons. The van der Waals surface area contributed by atoms with Gasteiger partial charge in [0.1, 0.15) is 0 Å². The maximum absolute atomic E-state index is 11.6. The van der Waals surface area contributed by atoms with Crippen molar-refractivity contribution < 1.29 is 4.79 Å². The molecule has 0 atom stereocenters. The summed E-state index contributed by atoms with van der Waals surface area (Å²) in [6.45, 7) is 4.20. The first-order chi connectivity index (χ1) is 13.7. The highest BCUT2D eigenvalue weighted by Gasteiger charge is 2.04. The van der Waals surface area contributed by atoms with Crippen LogP contribution in [0.3, 0.4) is 0 Å². The Bertz CT molecular complexity index is 949. The van der Waals surface area contributed by atoms with Crippen molar-refractivity contribution in [3.63, 3.8) is 0 Å². The molecular formula is C22H28IN5O. The number of amides is 1. The third-order valence-corrected chi connectivity index (χ3v) is 4.57. The molecule has 0 saturated carbocycles.